The lowest BCUT2D eigenvalue weighted by Gasteiger charge is -2.27. The summed E-state index contributed by atoms with van der Waals surface area (Å²) in [5.74, 6) is 0.0909. The summed E-state index contributed by atoms with van der Waals surface area (Å²) in [7, 11) is 0. The fraction of sp³-hybridized carbons (Fsp3) is 0.500. The van der Waals surface area contributed by atoms with Crippen molar-refractivity contribution in [3.8, 4) is 0 Å². The molecule has 3 nitrogen and oxygen atoms in total. The number of carbonyl (C=O) groups excluding carboxylic acids is 1. The zero-order valence-corrected chi connectivity index (χ0v) is 11.5. The molecule has 0 radical (unpaired) electrons. The third kappa shape index (κ3) is 2.96. The molecule has 0 saturated carbocycles. The summed E-state index contributed by atoms with van der Waals surface area (Å²) in [4.78, 5) is 14.4. The number of hydrogen-bond acceptors (Lipinski definition) is 2. The van der Waals surface area contributed by atoms with E-state index in [-0.39, 0.29) is 5.91 Å². The quantitative estimate of drug-likeness (QED) is 0.909. The monoisotopic (exact) mass is 266 g/mol. The van der Waals surface area contributed by atoms with Crippen LogP contribution in [0.25, 0.3) is 0 Å². The Morgan fingerprint density at radius 2 is 2.06 bits per heavy atom. The number of hydrogen-bond donors (Lipinski definition) is 1. The van der Waals surface area contributed by atoms with Gasteiger partial charge < -0.3 is 10.2 Å². The first-order chi connectivity index (χ1) is 8.72. The van der Waals surface area contributed by atoms with Crippen LogP contribution >= 0.6 is 11.6 Å². The molecule has 2 rings (SSSR count). The summed E-state index contributed by atoms with van der Waals surface area (Å²) in [6.45, 7) is 4.53. The molecule has 98 valence electrons. The number of rotatable bonds is 3. The van der Waals surface area contributed by atoms with Crippen molar-refractivity contribution in [1.29, 1.82) is 0 Å². The van der Waals surface area contributed by atoms with E-state index in [0.717, 1.165) is 38.2 Å². The maximum Gasteiger partial charge on any atom is 0.256 e. The average Bonchev–Trinajstić information content (AvgIpc) is 2.41. The summed E-state index contributed by atoms with van der Waals surface area (Å²) in [6.07, 6.45) is 3.42. The smallest absolute Gasteiger partial charge is 0.256 e. The van der Waals surface area contributed by atoms with Crippen LogP contribution in [-0.4, -0.2) is 30.4 Å². The Morgan fingerprint density at radius 3 is 2.72 bits per heavy atom. The summed E-state index contributed by atoms with van der Waals surface area (Å²) in [5.41, 5.74) is 1.56. The van der Waals surface area contributed by atoms with Crippen molar-refractivity contribution in [2.24, 2.45) is 0 Å². The number of halogens is 1. The van der Waals surface area contributed by atoms with Crippen molar-refractivity contribution in [2.75, 3.05) is 25.0 Å². The molecular weight excluding hydrogens is 248 g/mol. The van der Waals surface area contributed by atoms with E-state index in [1.54, 1.807) is 6.07 Å². The molecule has 18 heavy (non-hydrogen) atoms. The van der Waals surface area contributed by atoms with Gasteiger partial charge >= 0.3 is 0 Å². The van der Waals surface area contributed by atoms with Crippen LogP contribution in [0.4, 0.5) is 5.69 Å². The minimum absolute atomic E-state index is 0.0909. The van der Waals surface area contributed by atoms with Gasteiger partial charge in [0.1, 0.15) is 0 Å². The third-order valence-corrected chi connectivity index (χ3v) is 3.46. The van der Waals surface area contributed by atoms with Crippen LogP contribution in [0, 0.1) is 0 Å². The van der Waals surface area contributed by atoms with Gasteiger partial charge in [-0.15, -0.1) is 0 Å². The van der Waals surface area contributed by atoms with Crippen molar-refractivity contribution < 1.29 is 4.79 Å². The number of anilines is 1. The molecule has 0 aliphatic carbocycles. The summed E-state index contributed by atoms with van der Waals surface area (Å²) >= 11 is 6.00. The number of benzene rings is 1. The predicted octanol–water partition coefficient (Wildman–Crippen LogP) is 3.40. The van der Waals surface area contributed by atoms with Gasteiger partial charge in [0.15, 0.2) is 0 Å². The molecule has 0 unspecified atom stereocenters. The number of amides is 1. The minimum Gasteiger partial charge on any atom is -0.385 e. The van der Waals surface area contributed by atoms with E-state index in [4.69, 9.17) is 11.6 Å². The van der Waals surface area contributed by atoms with Crippen LogP contribution in [0.15, 0.2) is 18.2 Å². The molecular formula is C14H19ClN2O. The molecule has 0 atom stereocenters. The number of likely N-dealkylation sites (tertiary alicyclic amines) is 1. The van der Waals surface area contributed by atoms with Gasteiger partial charge in [-0.05, 0) is 44.4 Å². The lowest BCUT2D eigenvalue weighted by molar-refractivity contribution is 0.0725. The van der Waals surface area contributed by atoms with Crippen molar-refractivity contribution in [2.45, 2.75) is 26.2 Å². The Hall–Kier alpha value is -1.22. The first-order valence-electron chi connectivity index (χ1n) is 6.55. The van der Waals surface area contributed by atoms with Gasteiger partial charge in [-0.1, -0.05) is 11.6 Å². The first kappa shape index (κ1) is 13.2. The molecule has 0 spiro atoms. The van der Waals surface area contributed by atoms with Gasteiger partial charge in [0.25, 0.3) is 5.91 Å². The molecule has 1 amide bonds. The Kier molecular flexibility index (Phi) is 4.48. The van der Waals surface area contributed by atoms with E-state index < -0.39 is 0 Å². The standard InChI is InChI=1S/C14H19ClN2O/c1-2-16-13-7-6-11(15)10-12(13)14(18)17-8-4-3-5-9-17/h6-7,10,16H,2-5,8-9H2,1H3. The second-order valence-corrected chi connectivity index (χ2v) is 5.01. The highest BCUT2D eigenvalue weighted by molar-refractivity contribution is 6.31. The lowest BCUT2D eigenvalue weighted by atomic mass is 10.1. The predicted molar refractivity (Wildman–Crippen MR) is 75.4 cm³/mol. The topological polar surface area (TPSA) is 32.3 Å². The summed E-state index contributed by atoms with van der Waals surface area (Å²) < 4.78 is 0. The molecule has 4 heteroatoms. The molecule has 1 fully saturated rings. The Bertz CT molecular complexity index is 428. The highest BCUT2D eigenvalue weighted by Crippen LogP contribution is 2.23. The van der Waals surface area contributed by atoms with Crippen LogP contribution in [0.5, 0.6) is 0 Å². The van der Waals surface area contributed by atoms with Crippen LogP contribution in [0.1, 0.15) is 36.5 Å². The van der Waals surface area contributed by atoms with Gasteiger partial charge in [-0.3, -0.25) is 4.79 Å². The summed E-state index contributed by atoms with van der Waals surface area (Å²) in [5, 5.41) is 3.83. The second kappa shape index (κ2) is 6.10. The van der Waals surface area contributed by atoms with E-state index in [1.807, 2.05) is 24.0 Å². The largest absolute Gasteiger partial charge is 0.385 e. The molecule has 1 saturated heterocycles. The fourth-order valence-electron chi connectivity index (χ4n) is 2.31. The van der Waals surface area contributed by atoms with Crippen molar-refractivity contribution in [3.63, 3.8) is 0 Å². The van der Waals surface area contributed by atoms with Gasteiger partial charge in [0.2, 0.25) is 0 Å². The first-order valence-corrected chi connectivity index (χ1v) is 6.93. The highest BCUT2D eigenvalue weighted by atomic mass is 35.5. The van der Waals surface area contributed by atoms with E-state index in [2.05, 4.69) is 5.32 Å². The number of nitrogens with one attached hydrogen (secondary N) is 1. The van der Waals surface area contributed by atoms with Crippen molar-refractivity contribution in [3.05, 3.63) is 28.8 Å². The molecule has 1 aliphatic heterocycles. The van der Waals surface area contributed by atoms with E-state index >= 15 is 0 Å². The Balaban J connectivity index is 2.24. The van der Waals surface area contributed by atoms with Gasteiger partial charge in [-0.2, -0.15) is 0 Å². The molecule has 1 heterocycles. The molecule has 0 aromatic heterocycles. The number of nitrogens with zero attached hydrogens (tertiary/aromatic N) is 1. The van der Waals surface area contributed by atoms with Crippen LogP contribution in [0.2, 0.25) is 5.02 Å². The zero-order valence-electron chi connectivity index (χ0n) is 10.7. The van der Waals surface area contributed by atoms with Gasteiger partial charge in [0.05, 0.1) is 5.56 Å². The van der Waals surface area contributed by atoms with Crippen molar-refractivity contribution >= 4 is 23.2 Å². The van der Waals surface area contributed by atoms with E-state index in [0.29, 0.717) is 10.6 Å². The molecule has 1 aromatic rings. The third-order valence-electron chi connectivity index (χ3n) is 3.22. The van der Waals surface area contributed by atoms with Crippen LogP contribution in [0.3, 0.4) is 0 Å². The van der Waals surface area contributed by atoms with Gasteiger partial charge in [-0.25, -0.2) is 0 Å². The molecule has 1 N–H and O–H groups in total. The minimum atomic E-state index is 0.0909. The molecule has 1 aromatic carbocycles. The SMILES string of the molecule is CCNc1ccc(Cl)cc1C(=O)N1CCCCC1. The normalized spacial score (nSPS) is 15.6. The Morgan fingerprint density at radius 1 is 1.33 bits per heavy atom. The number of piperidine rings is 1. The van der Waals surface area contributed by atoms with Crippen molar-refractivity contribution in [1.82, 2.24) is 4.90 Å². The van der Waals surface area contributed by atoms with Crippen LogP contribution < -0.4 is 5.32 Å². The van der Waals surface area contributed by atoms with E-state index in [9.17, 15) is 4.79 Å². The highest BCUT2D eigenvalue weighted by Gasteiger charge is 2.20. The molecule has 0 bridgehead atoms. The zero-order chi connectivity index (χ0) is 13.0. The van der Waals surface area contributed by atoms with E-state index in [1.165, 1.54) is 6.42 Å². The summed E-state index contributed by atoms with van der Waals surface area (Å²) in [6, 6.07) is 5.45. The average molecular weight is 267 g/mol. The fourth-order valence-corrected chi connectivity index (χ4v) is 2.48. The maximum absolute atomic E-state index is 12.5. The number of carbonyl (C=O) groups is 1. The lowest BCUT2D eigenvalue weighted by Crippen LogP contribution is -2.36. The molecule has 1 aliphatic rings. The van der Waals surface area contributed by atoms with Gasteiger partial charge in [0, 0.05) is 30.3 Å². The Labute approximate surface area is 113 Å². The maximum atomic E-state index is 12.5. The second-order valence-electron chi connectivity index (χ2n) is 4.57. The van der Waals surface area contributed by atoms with Crippen LogP contribution in [-0.2, 0) is 0 Å².